The summed E-state index contributed by atoms with van der Waals surface area (Å²) in [5.41, 5.74) is 5.02. The number of likely N-dealkylation sites (tertiary alicyclic amines) is 1. The third-order valence-corrected chi connectivity index (χ3v) is 5.14. The molecule has 2 fully saturated rings. The van der Waals surface area contributed by atoms with E-state index in [0.29, 0.717) is 18.7 Å². The van der Waals surface area contributed by atoms with Crippen LogP contribution in [0.5, 0.6) is 0 Å². The van der Waals surface area contributed by atoms with Crippen LogP contribution in [0.25, 0.3) is 0 Å². The van der Waals surface area contributed by atoms with Crippen LogP contribution in [0, 0.1) is 0 Å². The fraction of sp³-hybridized carbons (Fsp3) is 0.706. The number of ether oxygens (including phenoxy) is 1. The molecule has 24 heavy (non-hydrogen) atoms. The Bertz CT molecular complexity index is 654. The Morgan fingerprint density at radius 3 is 2.83 bits per heavy atom. The first-order valence-corrected chi connectivity index (χ1v) is 8.59. The first-order valence-electron chi connectivity index (χ1n) is 8.59. The number of hydrogen-bond donors (Lipinski definition) is 1. The second-order valence-corrected chi connectivity index (χ2v) is 7.43. The number of carbonyl (C=O) groups is 2. The van der Waals surface area contributed by atoms with Crippen LogP contribution in [0.2, 0.25) is 0 Å². The number of aryl methyl sites for hydroxylation is 1. The summed E-state index contributed by atoms with van der Waals surface area (Å²) < 4.78 is 7.86. The zero-order valence-corrected chi connectivity index (χ0v) is 14.6. The number of carbonyl (C=O) groups excluding carboxylic acids is 2. The summed E-state index contributed by atoms with van der Waals surface area (Å²) in [6.45, 7) is 7.37. The lowest BCUT2D eigenvalue weighted by molar-refractivity contribution is -0.123. The molecule has 0 saturated carbocycles. The van der Waals surface area contributed by atoms with E-state index < -0.39 is 11.4 Å². The van der Waals surface area contributed by atoms with Crippen LogP contribution in [0.1, 0.15) is 56.9 Å². The van der Waals surface area contributed by atoms with Gasteiger partial charge in [-0.3, -0.25) is 14.3 Å². The molecule has 0 radical (unpaired) electrons. The van der Waals surface area contributed by atoms with Crippen LogP contribution >= 0.6 is 0 Å². The zero-order chi connectivity index (χ0) is 17.5. The fourth-order valence-corrected chi connectivity index (χ4v) is 4.32. The Morgan fingerprint density at radius 1 is 1.46 bits per heavy atom. The van der Waals surface area contributed by atoms with E-state index in [1.54, 1.807) is 10.7 Å². The molecule has 2 N–H and O–H groups in total. The molecule has 3 rings (SSSR count). The number of hydrogen-bond acceptors (Lipinski definition) is 4. The van der Waals surface area contributed by atoms with Crippen molar-refractivity contribution in [3.63, 3.8) is 0 Å². The lowest BCUT2D eigenvalue weighted by Crippen LogP contribution is -2.53. The smallest absolute Gasteiger partial charge is 0.274 e. The van der Waals surface area contributed by atoms with Gasteiger partial charge in [-0.2, -0.15) is 5.10 Å². The van der Waals surface area contributed by atoms with Crippen molar-refractivity contribution in [2.24, 2.45) is 5.73 Å². The molecule has 2 atom stereocenters. The van der Waals surface area contributed by atoms with Crippen LogP contribution in [-0.2, 0) is 16.1 Å². The summed E-state index contributed by atoms with van der Waals surface area (Å²) in [7, 11) is 0. The van der Waals surface area contributed by atoms with E-state index in [4.69, 9.17) is 10.5 Å². The number of rotatable bonds is 4. The standard InChI is InChI=1S/C17H26N4O3/c1-4-20-9-6-12(19-20)15(23)21-8-5-7-17(21)11-16(2,3)24-13(17)10-14(18)22/h6,9,13H,4-5,7-8,10-11H2,1-3H3,(H2,18,22)/t13-,17+/m0/s1. The Balaban J connectivity index is 1.92. The van der Waals surface area contributed by atoms with Gasteiger partial charge in [0.1, 0.15) is 5.69 Å². The number of amides is 2. The number of nitrogens with zero attached hydrogens (tertiary/aromatic N) is 3. The largest absolute Gasteiger partial charge is 0.370 e. The maximum Gasteiger partial charge on any atom is 0.274 e. The van der Waals surface area contributed by atoms with E-state index in [0.717, 1.165) is 19.4 Å². The summed E-state index contributed by atoms with van der Waals surface area (Å²) in [5.74, 6) is -0.484. The predicted molar refractivity (Wildman–Crippen MR) is 88.3 cm³/mol. The summed E-state index contributed by atoms with van der Waals surface area (Å²) in [5, 5.41) is 4.34. The quantitative estimate of drug-likeness (QED) is 0.899. The maximum absolute atomic E-state index is 13.1. The average Bonchev–Trinajstić information content (AvgIpc) is 3.16. The van der Waals surface area contributed by atoms with Gasteiger partial charge in [-0.15, -0.1) is 0 Å². The highest BCUT2D eigenvalue weighted by atomic mass is 16.5. The molecule has 2 aliphatic rings. The molecule has 0 bridgehead atoms. The van der Waals surface area contributed by atoms with Crippen molar-refractivity contribution in [3.05, 3.63) is 18.0 Å². The number of primary amides is 1. The summed E-state index contributed by atoms with van der Waals surface area (Å²) >= 11 is 0. The van der Waals surface area contributed by atoms with Gasteiger partial charge in [0.15, 0.2) is 0 Å². The second kappa shape index (κ2) is 5.88. The SMILES string of the molecule is CCn1ccc(C(=O)N2CCC[C@]23CC(C)(C)O[C@H]3CC(N)=O)n1. The minimum atomic E-state index is -0.467. The normalized spacial score (nSPS) is 28.6. The van der Waals surface area contributed by atoms with Crippen LogP contribution in [0.4, 0.5) is 0 Å². The predicted octanol–water partition coefficient (Wildman–Crippen LogP) is 1.32. The van der Waals surface area contributed by atoms with E-state index in [1.165, 1.54) is 0 Å². The Hall–Kier alpha value is -1.89. The minimum absolute atomic E-state index is 0.0875. The first-order chi connectivity index (χ1) is 11.3. The van der Waals surface area contributed by atoms with Gasteiger partial charge in [-0.25, -0.2) is 0 Å². The van der Waals surface area contributed by atoms with Crippen LogP contribution < -0.4 is 5.73 Å². The van der Waals surface area contributed by atoms with Gasteiger partial charge in [-0.1, -0.05) is 0 Å². The molecule has 0 unspecified atom stereocenters. The zero-order valence-electron chi connectivity index (χ0n) is 14.6. The molecule has 3 heterocycles. The topological polar surface area (TPSA) is 90.5 Å². The van der Waals surface area contributed by atoms with Crippen LogP contribution in [0.3, 0.4) is 0 Å². The molecular weight excluding hydrogens is 308 g/mol. The van der Waals surface area contributed by atoms with Crippen molar-refractivity contribution in [2.45, 2.75) is 70.2 Å². The van der Waals surface area contributed by atoms with Crippen LogP contribution in [-0.4, -0.2) is 50.3 Å². The summed E-state index contributed by atoms with van der Waals surface area (Å²) in [6.07, 6.45) is 4.02. The van der Waals surface area contributed by atoms with Gasteiger partial charge >= 0.3 is 0 Å². The minimum Gasteiger partial charge on any atom is -0.370 e. The molecule has 1 aromatic rings. The van der Waals surface area contributed by atoms with Crippen molar-refractivity contribution in [1.29, 1.82) is 0 Å². The van der Waals surface area contributed by atoms with E-state index in [9.17, 15) is 9.59 Å². The Kier molecular flexibility index (Phi) is 4.15. The lowest BCUT2D eigenvalue weighted by atomic mass is 9.82. The molecule has 1 spiro atoms. The molecule has 2 saturated heterocycles. The highest BCUT2D eigenvalue weighted by molar-refractivity contribution is 5.93. The highest BCUT2D eigenvalue weighted by Crippen LogP contribution is 2.49. The Labute approximate surface area is 142 Å². The summed E-state index contributed by atoms with van der Waals surface area (Å²) in [6, 6.07) is 1.75. The van der Waals surface area contributed by atoms with E-state index in [-0.39, 0.29) is 24.0 Å². The second-order valence-electron chi connectivity index (χ2n) is 7.43. The summed E-state index contributed by atoms with van der Waals surface area (Å²) in [4.78, 5) is 26.4. The van der Waals surface area contributed by atoms with Gasteiger partial charge in [0, 0.05) is 25.7 Å². The van der Waals surface area contributed by atoms with Crippen molar-refractivity contribution in [1.82, 2.24) is 14.7 Å². The monoisotopic (exact) mass is 334 g/mol. The van der Waals surface area contributed by atoms with Crippen molar-refractivity contribution >= 4 is 11.8 Å². The van der Waals surface area contributed by atoms with Gasteiger partial charge in [-0.05, 0) is 39.7 Å². The molecule has 7 heteroatoms. The maximum atomic E-state index is 13.1. The van der Waals surface area contributed by atoms with Crippen molar-refractivity contribution < 1.29 is 14.3 Å². The molecule has 0 aromatic carbocycles. The van der Waals surface area contributed by atoms with Gasteiger partial charge < -0.3 is 15.4 Å². The lowest BCUT2D eigenvalue weighted by Gasteiger charge is -2.38. The molecule has 132 valence electrons. The molecule has 7 nitrogen and oxygen atoms in total. The molecule has 2 amide bonds. The van der Waals surface area contributed by atoms with Gasteiger partial charge in [0.05, 0.1) is 23.7 Å². The number of nitrogens with two attached hydrogens (primary N) is 1. The Morgan fingerprint density at radius 2 is 2.21 bits per heavy atom. The van der Waals surface area contributed by atoms with Crippen LogP contribution in [0.15, 0.2) is 12.3 Å². The van der Waals surface area contributed by atoms with Gasteiger partial charge in [0.2, 0.25) is 5.91 Å². The molecule has 2 aliphatic heterocycles. The molecule has 1 aromatic heterocycles. The average molecular weight is 334 g/mol. The fourth-order valence-electron chi connectivity index (χ4n) is 4.32. The first kappa shape index (κ1) is 17.0. The molecule has 0 aliphatic carbocycles. The van der Waals surface area contributed by atoms with Crippen molar-refractivity contribution in [2.75, 3.05) is 6.54 Å². The van der Waals surface area contributed by atoms with Gasteiger partial charge in [0.25, 0.3) is 5.91 Å². The van der Waals surface area contributed by atoms with Crippen molar-refractivity contribution in [3.8, 4) is 0 Å². The van der Waals surface area contributed by atoms with E-state index >= 15 is 0 Å². The number of aromatic nitrogens is 2. The van der Waals surface area contributed by atoms with E-state index in [1.807, 2.05) is 31.9 Å². The molecular formula is C17H26N4O3. The third-order valence-electron chi connectivity index (χ3n) is 5.14. The van der Waals surface area contributed by atoms with E-state index in [2.05, 4.69) is 5.10 Å². The highest BCUT2D eigenvalue weighted by Gasteiger charge is 2.58. The third kappa shape index (κ3) is 2.81.